The van der Waals surface area contributed by atoms with Crippen LogP contribution in [0.2, 0.25) is 5.02 Å². The zero-order chi connectivity index (χ0) is 18.4. The monoisotopic (exact) mass is 368 g/mol. The van der Waals surface area contributed by atoms with Crippen LogP contribution in [0.1, 0.15) is 48.0 Å². The minimum Gasteiger partial charge on any atom is -0.426 e. The molecule has 0 bridgehead atoms. The highest BCUT2D eigenvalue weighted by Gasteiger charge is 2.23. The number of carbonyl (C=O) groups is 2. The number of hydrogen-bond donors (Lipinski definition) is 0. The van der Waals surface area contributed by atoms with Crippen molar-refractivity contribution in [2.45, 2.75) is 32.1 Å². The maximum Gasteiger partial charge on any atom is 0.314 e. The van der Waals surface area contributed by atoms with Gasteiger partial charge in [-0.05, 0) is 55.3 Å². The van der Waals surface area contributed by atoms with E-state index >= 15 is 0 Å². The Labute approximate surface area is 158 Å². The molecular weight excluding hydrogens is 348 g/mol. The summed E-state index contributed by atoms with van der Waals surface area (Å²) in [6.07, 6.45) is 8.30. The Morgan fingerprint density at radius 2 is 1.65 bits per heavy atom. The van der Waals surface area contributed by atoms with Crippen molar-refractivity contribution >= 4 is 29.4 Å². The van der Waals surface area contributed by atoms with Gasteiger partial charge in [-0.25, -0.2) is 0 Å². The fourth-order valence-corrected chi connectivity index (χ4v) is 3.24. The molecular formula is C22H21ClO3. The van der Waals surface area contributed by atoms with Gasteiger partial charge in [0.15, 0.2) is 5.78 Å². The number of hydrogen-bond acceptors (Lipinski definition) is 3. The first-order chi connectivity index (χ1) is 12.6. The summed E-state index contributed by atoms with van der Waals surface area (Å²) < 4.78 is 5.62. The van der Waals surface area contributed by atoms with Gasteiger partial charge < -0.3 is 4.74 Å². The van der Waals surface area contributed by atoms with Crippen molar-refractivity contribution in [1.29, 1.82) is 0 Å². The summed E-state index contributed by atoms with van der Waals surface area (Å²) in [6, 6.07) is 14.0. The van der Waals surface area contributed by atoms with Crippen LogP contribution in [0.5, 0.6) is 5.75 Å². The summed E-state index contributed by atoms with van der Waals surface area (Å²) >= 11 is 5.84. The van der Waals surface area contributed by atoms with E-state index in [-0.39, 0.29) is 17.7 Å². The molecule has 0 radical (unpaired) electrons. The molecule has 1 saturated carbocycles. The Kier molecular flexibility index (Phi) is 6.24. The lowest BCUT2D eigenvalue weighted by Crippen LogP contribution is -2.23. The predicted octanol–water partition coefficient (Wildman–Crippen LogP) is 5.72. The van der Waals surface area contributed by atoms with Crippen LogP contribution in [0.15, 0.2) is 54.6 Å². The van der Waals surface area contributed by atoms with Gasteiger partial charge in [-0.3, -0.25) is 9.59 Å². The standard InChI is InChI=1S/C22H21ClO3/c23-19-13-10-16(11-14-19)20(24)15-12-17-6-4-5-9-21(17)26-22(25)18-7-2-1-3-8-18/h4-6,9-15,18H,1-3,7-8H2/b15-12+. The molecule has 0 aromatic heterocycles. The summed E-state index contributed by atoms with van der Waals surface area (Å²) in [4.78, 5) is 24.7. The highest BCUT2D eigenvalue weighted by Crippen LogP contribution is 2.27. The first kappa shape index (κ1) is 18.4. The minimum absolute atomic E-state index is 0.0171. The minimum atomic E-state index is -0.172. The molecule has 0 unspecified atom stereocenters. The summed E-state index contributed by atoms with van der Waals surface area (Å²) in [6.45, 7) is 0. The highest BCUT2D eigenvalue weighted by atomic mass is 35.5. The van der Waals surface area contributed by atoms with Crippen molar-refractivity contribution in [3.63, 3.8) is 0 Å². The van der Waals surface area contributed by atoms with Gasteiger partial charge in [-0.1, -0.05) is 49.1 Å². The molecule has 0 N–H and O–H groups in total. The molecule has 1 aliphatic rings. The predicted molar refractivity (Wildman–Crippen MR) is 103 cm³/mol. The van der Waals surface area contributed by atoms with Gasteiger partial charge in [0.05, 0.1) is 5.92 Å². The van der Waals surface area contributed by atoms with Crippen LogP contribution < -0.4 is 4.74 Å². The maximum atomic E-state index is 12.4. The van der Waals surface area contributed by atoms with Gasteiger partial charge in [0, 0.05) is 16.1 Å². The largest absolute Gasteiger partial charge is 0.426 e. The Bertz CT molecular complexity index is 802. The number of esters is 1. The molecule has 26 heavy (non-hydrogen) atoms. The van der Waals surface area contributed by atoms with Gasteiger partial charge in [0.25, 0.3) is 0 Å². The Morgan fingerprint density at radius 1 is 0.962 bits per heavy atom. The SMILES string of the molecule is O=C(/C=C/c1ccccc1OC(=O)C1CCCCC1)c1ccc(Cl)cc1. The van der Waals surface area contributed by atoms with Crippen LogP contribution in [-0.2, 0) is 4.79 Å². The highest BCUT2D eigenvalue weighted by molar-refractivity contribution is 6.30. The molecule has 134 valence electrons. The number of allylic oxidation sites excluding steroid dienone is 1. The molecule has 0 amide bonds. The lowest BCUT2D eigenvalue weighted by atomic mass is 9.89. The number of rotatable bonds is 5. The summed E-state index contributed by atoms with van der Waals surface area (Å²) in [7, 11) is 0. The zero-order valence-electron chi connectivity index (χ0n) is 14.5. The maximum absolute atomic E-state index is 12.4. The number of ether oxygens (including phenoxy) is 1. The van der Waals surface area contributed by atoms with E-state index in [0.29, 0.717) is 21.9 Å². The number of para-hydroxylation sites is 1. The molecule has 1 fully saturated rings. The molecule has 0 aliphatic heterocycles. The van der Waals surface area contributed by atoms with Gasteiger partial charge in [0.2, 0.25) is 0 Å². The normalized spacial score (nSPS) is 15.1. The van der Waals surface area contributed by atoms with Crippen LogP contribution >= 0.6 is 11.6 Å². The average Bonchev–Trinajstić information content (AvgIpc) is 2.68. The molecule has 1 aliphatic carbocycles. The third kappa shape index (κ3) is 4.83. The molecule has 0 atom stereocenters. The number of halogens is 1. The Balaban J connectivity index is 1.71. The van der Waals surface area contributed by atoms with Crippen LogP contribution in [0.3, 0.4) is 0 Å². The van der Waals surface area contributed by atoms with E-state index in [2.05, 4.69) is 0 Å². The first-order valence-electron chi connectivity index (χ1n) is 8.92. The third-order valence-electron chi connectivity index (χ3n) is 4.61. The molecule has 0 spiro atoms. The Morgan fingerprint density at radius 3 is 2.38 bits per heavy atom. The van der Waals surface area contributed by atoms with E-state index < -0.39 is 0 Å². The smallest absolute Gasteiger partial charge is 0.314 e. The molecule has 2 aromatic rings. The van der Waals surface area contributed by atoms with Crippen LogP contribution in [-0.4, -0.2) is 11.8 Å². The van der Waals surface area contributed by atoms with Crippen molar-refractivity contribution in [2.24, 2.45) is 5.92 Å². The topological polar surface area (TPSA) is 43.4 Å². The van der Waals surface area contributed by atoms with Gasteiger partial charge in [-0.15, -0.1) is 0 Å². The molecule has 3 nitrogen and oxygen atoms in total. The Hall–Kier alpha value is -2.39. The quantitative estimate of drug-likeness (QED) is 0.293. The molecule has 3 rings (SSSR count). The van der Waals surface area contributed by atoms with Crippen molar-refractivity contribution in [3.8, 4) is 5.75 Å². The molecule has 0 saturated heterocycles. The van der Waals surface area contributed by atoms with Crippen molar-refractivity contribution < 1.29 is 14.3 Å². The summed E-state index contributed by atoms with van der Waals surface area (Å²) in [5, 5.41) is 0.588. The zero-order valence-corrected chi connectivity index (χ0v) is 15.2. The van der Waals surface area contributed by atoms with Gasteiger partial charge >= 0.3 is 5.97 Å². The molecule has 2 aromatic carbocycles. The van der Waals surface area contributed by atoms with Crippen LogP contribution in [0, 0.1) is 5.92 Å². The average molecular weight is 369 g/mol. The number of ketones is 1. The first-order valence-corrected chi connectivity index (χ1v) is 9.30. The molecule has 0 heterocycles. The van der Waals surface area contributed by atoms with Crippen molar-refractivity contribution in [1.82, 2.24) is 0 Å². The van der Waals surface area contributed by atoms with Crippen LogP contribution in [0.4, 0.5) is 0 Å². The second-order valence-corrected chi connectivity index (χ2v) is 6.93. The fourth-order valence-electron chi connectivity index (χ4n) is 3.12. The van der Waals surface area contributed by atoms with Gasteiger partial charge in [-0.2, -0.15) is 0 Å². The third-order valence-corrected chi connectivity index (χ3v) is 4.86. The van der Waals surface area contributed by atoms with E-state index in [9.17, 15) is 9.59 Å². The number of benzene rings is 2. The second-order valence-electron chi connectivity index (χ2n) is 6.50. The van der Waals surface area contributed by atoms with E-state index in [4.69, 9.17) is 16.3 Å². The summed E-state index contributed by atoms with van der Waals surface area (Å²) in [5.74, 6) is 0.171. The van der Waals surface area contributed by atoms with Crippen molar-refractivity contribution in [2.75, 3.05) is 0 Å². The number of carbonyl (C=O) groups excluding carboxylic acids is 2. The second kappa shape index (κ2) is 8.81. The summed E-state index contributed by atoms with van der Waals surface area (Å²) in [5.41, 5.74) is 1.27. The van der Waals surface area contributed by atoms with Gasteiger partial charge in [0.1, 0.15) is 5.75 Å². The fraction of sp³-hybridized carbons (Fsp3) is 0.273. The van der Waals surface area contributed by atoms with E-state index in [1.165, 1.54) is 12.5 Å². The molecule has 4 heteroatoms. The van der Waals surface area contributed by atoms with Crippen molar-refractivity contribution in [3.05, 3.63) is 70.8 Å². The lowest BCUT2D eigenvalue weighted by Gasteiger charge is -2.20. The van der Waals surface area contributed by atoms with Crippen LogP contribution in [0.25, 0.3) is 6.08 Å². The van der Waals surface area contributed by atoms with E-state index in [1.807, 2.05) is 18.2 Å². The lowest BCUT2D eigenvalue weighted by molar-refractivity contribution is -0.140. The van der Waals surface area contributed by atoms with E-state index in [1.54, 1.807) is 36.4 Å². The van der Waals surface area contributed by atoms with E-state index in [0.717, 1.165) is 25.7 Å².